The smallest absolute Gasteiger partial charge is 0.222 e. The van der Waals surface area contributed by atoms with E-state index in [0.717, 1.165) is 24.2 Å². The lowest BCUT2D eigenvalue weighted by atomic mass is 10.1. The van der Waals surface area contributed by atoms with E-state index in [9.17, 15) is 4.79 Å². The summed E-state index contributed by atoms with van der Waals surface area (Å²) in [6.45, 7) is 2.77. The maximum atomic E-state index is 12.3. The minimum atomic E-state index is 0.181. The molecule has 23 heavy (non-hydrogen) atoms. The quantitative estimate of drug-likeness (QED) is 0.781. The number of nitrogens with zero attached hydrogens (tertiary/aromatic N) is 1. The van der Waals surface area contributed by atoms with Crippen LogP contribution in [0.15, 0.2) is 48.5 Å². The van der Waals surface area contributed by atoms with Crippen LogP contribution in [0.5, 0.6) is 5.75 Å². The van der Waals surface area contributed by atoms with Crippen molar-refractivity contribution in [3.05, 3.63) is 65.2 Å². The lowest BCUT2D eigenvalue weighted by Crippen LogP contribution is -2.29. The molecule has 2 rings (SSSR count). The molecular formula is C20H25NO2. The van der Waals surface area contributed by atoms with E-state index in [1.807, 2.05) is 31.3 Å². The molecule has 2 aromatic rings. The van der Waals surface area contributed by atoms with E-state index < -0.39 is 0 Å². The first-order valence-electron chi connectivity index (χ1n) is 8.01. The first-order valence-corrected chi connectivity index (χ1v) is 8.01. The summed E-state index contributed by atoms with van der Waals surface area (Å²) >= 11 is 0. The van der Waals surface area contributed by atoms with E-state index in [-0.39, 0.29) is 5.91 Å². The largest absolute Gasteiger partial charge is 0.496 e. The molecule has 0 N–H and O–H groups in total. The molecule has 0 bridgehead atoms. The van der Waals surface area contributed by atoms with Crippen molar-refractivity contribution in [2.75, 3.05) is 20.7 Å². The lowest BCUT2D eigenvalue weighted by molar-refractivity contribution is -0.129. The highest BCUT2D eigenvalue weighted by Gasteiger charge is 2.10. The number of hydrogen-bond donors (Lipinski definition) is 0. The molecule has 0 saturated heterocycles. The van der Waals surface area contributed by atoms with Crippen LogP contribution in [-0.4, -0.2) is 31.5 Å². The molecular weight excluding hydrogens is 286 g/mol. The van der Waals surface area contributed by atoms with Crippen molar-refractivity contribution in [1.29, 1.82) is 0 Å². The van der Waals surface area contributed by atoms with Crippen LogP contribution in [0.2, 0.25) is 0 Å². The maximum Gasteiger partial charge on any atom is 0.222 e. The second kappa shape index (κ2) is 8.37. The number of amides is 1. The highest BCUT2D eigenvalue weighted by atomic mass is 16.5. The van der Waals surface area contributed by atoms with Crippen molar-refractivity contribution in [3.63, 3.8) is 0 Å². The molecule has 122 valence electrons. The van der Waals surface area contributed by atoms with Crippen LogP contribution in [0, 0.1) is 6.92 Å². The Kier molecular flexibility index (Phi) is 6.21. The van der Waals surface area contributed by atoms with E-state index in [1.165, 1.54) is 11.1 Å². The molecule has 0 aliphatic carbocycles. The first kappa shape index (κ1) is 17.1. The fourth-order valence-corrected chi connectivity index (χ4v) is 2.52. The Hall–Kier alpha value is -2.29. The fraction of sp³-hybridized carbons (Fsp3) is 0.350. The van der Waals surface area contributed by atoms with Gasteiger partial charge in [-0.1, -0.05) is 48.0 Å². The predicted octanol–water partition coefficient (Wildman–Crippen LogP) is 3.64. The minimum Gasteiger partial charge on any atom is -0.496 e. The van der Waals surface area contributed by atoms with Crippen molar-refractivity contribution < 1.29 is 9.53 Å². The van der Waals surface area contributed by atoms with Gasteiger partial charge in [0.1, 0.15) is 5.75 Å². The third-order valence-electron chi connectivity index (χ3n) is 4.08. The molecule has 0 heterocycles. The highest BCUT2D eigenvalue weighted by molar-refractivity contribution is 5.76. The summed E-state index contributed by atoms with van der Waals surface area (Å²) in [5, 5.41) is 0. The van der Waals surface area contributed by atoms with Crippen LogP contribution in [0.25, 0.3) is 0 Å². The predicted molar refractivity (Wildman–Crippen MR) is 93.8 cm³/mol. The van der Waals surface area contributed by atoms with Crippen LogP contribution in [0.3, 0.4) is 0 Å². The Balaban J connectivity index is 1.81. The third kappa shape index (κ3) is 5.13. The number of para-hydroxylation sites is 1. The molecule has 0 aliphatic rings. The molecule has 0 saturated carbocycles. The number of hydrogen-bond acceptors (Lipinski definition) is 2. The molecule has 0 unspecified atom stereocenters. The van der Waals surface area contributed by atoms with Gasteiger partial charge in [0.15, 0.2) is 0 Å². The lowest BCUT2D eigenvalue weighted by Gasteiger charge is -2.18. The zero-order valence-electron chi connectivity index (χ0n) is 14.2. The van der Waals surface area contributed by atoms with Gasteiger partial charge in [-0.15, -0.1) is 0 Å². The SMILES string of the molecule is COc1ccccc1CCN(C)C(=O)CCc1ccc(C)cc1. The maximum absolute atomic E-state index is 12.3. The molecule has 1 amide bonds. The summed E-state index contributed by atoms with van der Waals surface area (Å²) in [6.07, 6.45) is 2.14. The number of ether oxygens (including phenoxy) is 1. The fourth-order valence-electron chi connectivity index (χ4n) is 2.52. The van der Waals surface area contributed by atoms with Gasteiger partial charge in [0, 0.05) is 20.0 Å². The van der Waals surface area contributed by atoms with Crippen molar-refractivity contribution in [2.24, 2.45) is 0 Å². The molecule has 0 radical (unpaired) electrons. The zero-order chi connectivity index (χ0) is 16.7. The van der Waals surface area contributed by atoms with E-state index in [2.05, 4.69) is 31.2 Å². The van der Waals surface area contributed by atoms with Crippen molar-refractivity contribution in [3.8, 4) is 5.75 Å². The second-order valence-electron chi connectivity index (χ2n) is 5.86. The van der Waals surface area contributed by atoms with E-state index >= 15 is 0 Å². The minimum absolute atomic E-state index is 0.181. The Bertz CT molecular complexity index is 634. The monoisotopic (exact) mass is 311 g/mol. The normalized spacial score (nSPS) is 10.4. The average molecular weight is 311 g/mol. The van der Waals surface area contributed by atoms with Gasteiger partial charge in [-0.2, -0.15) is 0 Å². The molecule has 2 aromatic carbocycles. The number of carbonyl (C=O) groups excluding carboxylic acids is 1. The summed E-state index contributed by atoms with van der Waals surface area (Å²) in [5.74, 6) is 1.06. The number of likely N-dealkylation sites (N-methyl/N-ethyl adjacent to an activating group) is 1. The van der Waals surface area contributed by atoms with Gasteiger partial charge in [-0.05, 0) is 37.0 Å². The topological polar surface area (TPSA) is 29.5 Å². The summed E-state index contributed by atoms with van der Waals surface area (Å²) in [6, 6.07) is 16.3. The number of aryl methyl sites for hydroxylation is 2. The average Bonchev–Trinajstić information content (AvgIpc) is 2.59. The molecule has 3 nitrogen and oxygen atoms in total. The summed E-state index contributed by atoms with van der Waals surface area (Å²) < 4.78 is 5.35. The van der Waals surface area contributed by atoms with E-state index in [1.54, 1.807) is 12.0 Å². The third-order valence-corrected chi connectivity index (χ3v) is 4.08. The Morgan fingerprint density at radius 2 is 1.74 bits per heavy atom. The van der Waals surface area contributed by atoms with Crippen LogP contribution < -0.4 is 4.74 Å². The number of benzene rings is 2. The molecule has 0 spiro atoms. The van der Waals surface area contributed by atoms with Crippen molar-refractivity contribution >= 4 is 5.91 Å². The molecule has 0 fully saturated rings. The van der Waals surface area contributed by atoms with Gasteiger partial charge >= 0.3 is 0 Å². The van der Waals surface area contributed by atoms with Crippen molar-refractivity contribution in [1.82, 2.24) is 4.90 Å². The highest BCUT2D eigenvalue weighted by Crippen LogP contribution is 2.18. The number of rotatable bonds is 7. The summed E-state index contributed by atoms with van der Waals surface area (Å²) in [5.41, 5.74) is 3.59. The zero-order valence-corrected chi connectivity index (χ0v) is 14.2. The number of methoxy groups -OCH3 is 1. The Morgan fingerprint density at radius 1 is 1.04 bits per heavy atom. The standard InChI is InChI=1S/C20H25NO2/c1-16-8-10-17(11-9-16)12-13-20(22)21(2)15-14-18-6-4-5-7-19(18)23-3/h4-11H,12-15H2,1-3H3. The molecule has 0 aliphatic heterocycles. The molecule has 0 aromatic heterocycles. The van der Waals surface area contributed by atoms with Gasteiger partial charge in [-0.3, -0.25) is 4.79 Å². The van der Waals surface area contributed by atoms with E-state index in [4.69, 9.17) is 4.74 Å². The number of carbonyl (C=O) groups is 1. The van der Waals surface area contributed by atoms with Crippen molar-refractivity contribution in [2.45, 2.75) is 26.2 Å². The second-order valence-corrected chi connectivity index (χ2v) is 5.86. The summed E-state index contributed by atoms with van der Waals surface area (Å²) in [4.78, 5) is 14.1. The first-order chi connectivity index (χ1) is 11.1. The van der Waals surface area contributed by atoms with Gasteiger partial charge in [0.25, 0.3) is 0 Å². The van der Waals surface area contributed by atoms with Crippen LogP contribution in [-0.2, 0) is 17.6 Å². The molecule has 0 atom stereocenters. The van der Waals surface area contributed by atoms with Gasteiger partial charge in [0.2, 0.25) is 5.91 Å². The Labute approximate surface area is 138 Å². The van der Waals surface area contributed by atoms with Crippen LogP contribution in [0.4, 0.5) is 0 Å². The van der Waals surface area contributed by atoms with Gasteiger partial charge < -0.3 is 9.64 Å². The molecule has 3 heteroatoms. The van der Waals surface area contributed by atoms with Gasteiger partial charge in [0.05, 0.1) is 7.11 Å². The summed E-state index contributed by atoms with van der Waals surface area (Å²) in [7, 11) is 3.54. The van der Waals surface area contributed by atoms with Crippen LogP contribution in [0.1, 0.15) is 23.1 Å². The van der Waals surface area contributed by atoms with Crippen LogP contribution >= 0.6 is 0 Å². The Morgan fingerprint density at radius 3 is 2.43 bits per heavy atom. The van der Waals surface area contributed by atoms with Gasteiger partial charge in [-0.25, -0.2) is 0 Å². The van der Waals surface area contributed by atoms with E-state index in [0.29, 0.717) is 13.0 Å².